The summed E-state index contributed by atoms with van der Waals surface area (Å²) < 4.78 is 26.7. The lowest BCUT2D eigenvalue weighted by molar-refractivity contribution is -0.121. The molecular formula is C20H21NO4S. The third-order valence-electron chi connectivity index (χ3n) is 6.76. The van der Waals surface area contributed by atoms with Crippen molar-refractivity contribution in [1.29, 1.82) is 0 Å². The molecule has 1 aromatic carbocycles. The van der Waals surface area contributed by atoms with Crippen LogP contribution in [-0.2, 0) is 14.8 Å². The summed E-state index contributed by atoms with van der Waals surface area (Å²) in [4.78, 5) is 13.4. The van der Waals surface area contributed by atoms with E-state index in [4.69, 9.17) is 0 Å². The number of rotatable bonds is 2. The number of hydrogen-bond acceptors (Lipinski definition) is 4. The molecule has 1 aliphatic heterocycles. The summed E-state index contributed by atoms with van der Waals surface area (Å²) >= 11 is 0. The van der Waals surface area contributed by atoms with Crippen LogP contribution >= 0.6 is 0 Å². The first kappa shape index (κ1) is 16.1. The fraction of sp³-hybridized carbons (Fsp3) is 0.450. The third kappa shape index (κ3) is 1.96. The second-order valence-corrected chi connectivity index (χ2v) is 9.90. The third-order valence-corrected chi connectivity index (χ3v) is 8.58. The predicted octanol–water partition coefficient (Wildman–Crippen LogP) is 3.11. The van der Waals surface area contributed by atoms with E-state index in [1.807, 2.05) is 0 Å². The number of aliphatic hydroxyl groups is 1. The Balaban J connectivity index is 1.61. The molecule has 5 nitrogen and oxygen atoms in total. The molecule has 0 spiro atoms. The molecule has 1 aromatic rings. The first-order valence-electron chi connectivity index (χ1n) is 9.14. The smallest absolute Gasteiger partial charge is 0.265 e. The van der Waals surface area contributed by atoms with E-state index in [9.17, 15) is 18.3 Å². The van der Waals surface area contributed by atoms with Crippen LogP contribution in [0.2, 0.25) is 0 Å². The number of ketones is 1. The van der Waals surface area contributed by atoms with Gasteiger partial charge in [-0.25, -0.2) is 8.42 Å². The number of nitrogens with zero attached hydrogens (tertiary/aromatic N) is 1. The van der Waals surface area contributed by atoms with Crippen molar-refractivity contribution in [2.45, 2.75) is 30.6 Å². The van der Waals surface area contributed by atoms with E-state index in [0.717, 1.165) is 23.6 Å². The quantitative estimate of drug-likeness (QED) is 0.811. The van der Waals surface area contributed by atoms with Crippen molar-refractivity contribution in [2.24, 2.45) is 23.7 Å². The molecule has 136 valence electrons. The van der Waals surface area contributed by atoms with E-state index in [1.165, 1.54) is 18.7 Å². The largest absolute Gasteiger partial charge is 0.505 e. The van der Waals surface area contributed by atoms with Gasteiger partial charge in [-0.2, -0.15) is 0 Å². The minimum atomic E-state index is -3.83. The fourth-order valence-electron chi connectivity index (χ4n) is 5.52. The van der Waals surface area contributed by atoms with Crippen LogP contribution in [-0.4, -0.2) is 30.7 Å². The maximum absolute atomic E-state index is 13.4. The standard InChI is InChI=1S/C20H21NO4S/c1-21-18(19(22)13-4-2-3-5-17(13)26(21,24)25)20(23)16-10-12-7-6-11-8-14(12)15(16)9-11/h2-5,7,11,14-16,22H,6,8-10H2,1H3. The first-order valence-corrected chi connectivity index (χ1v) is 10.6. The lowest BCUT2D eigenvalue weighted by atomic mass is 9.85. The van der Waals surface area contributed by atoms with Gasteiger partial charge in [0.2, 0.25) is 0 Å². The normalized spacial score (nSPS) is 33.9. The second kappa shape index (κ2) is 5.22. The number of carbonyl (C=O) groups excluding carboxylic acids is 1. The van der Waals surface area contributed by atoms with Gasteiger partial charge in [-0.15, -0.1) is 0 Å². The van der Waals surface area contributed by atoms with Gasteiger partial charge >= 0.3 is 0 Å². The highest BCUT2D eigenvalue weighted by atomic mass is 32.2. The van der Waals surface area contributed by atoms with Gasteiger partial charge < -0.3 is 5.11 Å². The van der Waals surface area contributed by atoms with Gasteiger partial charge in [0.25, 0.3) is 10.0 Å². The molecule has 0 amide bonds. The number of benzene rings is 1. The maximum atomic E-state index is 13.4. The Kier molecular flexibility index (Phi) is 3.24. The Hall–Kier alpha value is -2.08. The topological polar surface area (TPSA) is 74.7 Å². The van der Waals surface area contributed by atoms with Gasteiger partial charge in [0, 0.05) is 18.5 Å². The number of fused-ring (bicyclic) bond motifs is 2. The molecule has 4 unspecified atom stereocenters. The SMILES string of the molecule is CN1C(C(=O)C2CC3=CCC4CC3C2C4)=C(O)c2ccccc2S1(=O)=O. The highest BCUT2D eigenvalue weighted by Gasteiger charge is 2.52. The molecule has 0 saturated heterocycles. The van der Waals surface area contributed by atoms with Crippen molar-refractivity contribution in [3.05, 3.63) is 47.2 Å². The van der Waals surface area contributed by atoms with Crippen molar-refractivity contribution in [3.8, 4) is 0 Å². The summed E-state index contributed by atoms with van der Waals surface area (Å²) in [7, 11) is -2.47. The van der Waals surface area contributed by atoms with Crippen LogP contribution in [0.5, 0.6) is 0 Å². The summed E-state index contributed by atoms with van der Waals surface area (Å²) in [6, 6.07) is 6.31. The molecule has 4 aliphatic rings. The molecule has 4 atom stereocenters. The molecular weight excluding hydrogens is 350 g/mol. The fourth-order valence-corrected chi connectivity index (χ4v) is 6.92. The molecule has 2 bridgehead atoms. The van der Waals surface area contributed by atoms with Crippen molar-refractivity contribution in [2.75, 3.05) is 7.05 Å². The number of likely N-dealkylation sites (N-methyl/N-ethyl adjacent to an activating group) is 1. The maximum Gasteiger partial charge on any atom is 0.265 e. The molecule has 1 N–H and O–H groups in total. The highest BCUT2D eigenvalue weighted by molar-refractivity contribution is 7.89. The van der Waals surface area contributed by atoms with E-state index >= 15 is 0 Å². The van der Waals surface area contributed by atoms with Crippen molar-refractivity contribution in [3.63, 3.8) is 0 Å². The summed E-state index contributed by atoms with van der Waals surface area (Å²) in [5.74, 6) is 0.739. The van der Waals surface area contributed by atoms with Crippen LogP contribution in [0.15, 0.2) is 46.5 Å². The number of sulfonamides is 1. The molecule has 0 aromatic heterocycles. The molecule has 3 aliphatic carbocycles. The average Bonchev–Trinajstić information content (AvgIpc) is 3.14. The van der Waals surface area contributed by atoms with Gasteiger partial charge in [0.05, 0.1) is 4.90 Å². The summed E-state index contributed by atoms with van der Waals surface area (Å²) in [6.45, 7) is 0. The summed E-state index contributed by atoms with van der Waals surface area (Å²) in [5, 5.41) is 10.8. The van der Waals surface area contributed by atoms with Crippen molar-refractivity contribution < 1.29 is 18.3 Å². The van der Waals surface area contributed by atoms with Crippen LogP contribution in [0.1, 0.15) is 31.2 Å². The highest BCUT2D eigenvalue weighted by Crippen LogP contribution is 2.57. The first-order chi connectivity index (χ1) is 12.4. The number of aliphatic hydroxyl groups excluding tert-OH is 1. The monoisotopic (exact) mass is 371 g/mol. The predicted molar refractivity (Wildman–Crippen MR) is 96.5 cm³/mol. The molecule has 2 saturated carbocycles. The van der Waals surface area contributed by atoms with Crippen LogP contribution < -0.4 is 0 Å². The molecule has 26 heavy (non-hydrogen) atoms. The van der Waals surface area contributed by atoms with Gasteiger partial charge in [0.1, 0.15) is 5.70 Å². The zero-order chi connectivity index (χ0) is 18.2. The lowest BCUT2D eigenvalue weighted by Gasteiger charge is -2.30. The Morgan fingerprint density at radius 3 is 2.81 bits per heavy atom. The zero-order valence-electron chi connectivity index (χ0n) is 14.6. The van der Waals surface area contributed by atoms with Gasteiger partial charge in [-0.05, 0) is 55.6 Å². The zero-order valence-corrected chi connectivity index (χ0v) is 15.4. The Bertz CT molecular complexity index is 991. The van der Waals surface area contributed by atoms with Crippen LogP contribution in [0, 0.1) is 23.7 Å². The molecule has 5 rings (SSSR count). The van der Waals surface area contributed by atoms with Gasteiger partial charge in [-0.1, -0.05) is 23.8 Å². The van der Waals surface area contributed by atoms with Crippen molar-refractivity contribution >= 4 is 21.6 Å². The Morgan fingerprint density at radius 2 is 2.00 bits per heavy atom. The lowest BCUT2D eigenvalue weighted by Crippen LogP contribution is -2.38. The second-order valence-electron chi connectivity index (χ2n) is 7.96. The number of carbonyl (C=O) groups is 1. The molecule has 0 radical (unpaired) electrons. The molecule has 2 fully saturated rings. The van der Waals surface area contributed by atoms with Gasteiger partial charge in [0.15, 0.2) is 11.5 Å². The van der Waals surface area contributed by atoms with Gasteiger partial charge in [-0.3, -0.25) is 9.10 Å². The Morgan fingerprint density at radius 1 is 1.23 bits per heavy atom. The summed E-state index contributed by atoms with van der Waals surface area (Å²) in [6.07, 6.45) is 6.29. The number of allylic oxidation sites excluding steroid dienone is 3. The molecule has 1 heterocycles. The minimum absolute atomic E-state index is 0.0449. The van der Waals surface area contributed by atoms with E-state index in [1.54, 1.807) is 18.2 Å². The number of Topliss-reactive ketones (excluding diaryl/α,β-unsaturated/α-hetero) is 1. The summed E-state index contributed by atoms with van der Waals surface area (Å²) in [5.41, 5.74) is 1.51. The molecule has 6 heteroatoms. The van der Waals surface area contributed by atoms with E-state index in [-0.39, 0.29) is 39.5 Å². The number of hydrogen-bond donors (Lipinski definition) is 1. The van der Waals surface area contributed by atoms with E-state index in [2.05, 4.69) is 6.08 Å². The van der Waals surface area contributed by atoms with E-state index < -0.39 is 10.0 Å². The van der Waals surface area contributed by atoms with Crippen LogP contribution in [0.4, 0.5) is 0 Å². The average molecular weight is 371 g/mol. The van der Waals surface area contributed by atoms with Crippen molar-refractivity contribution in [1.82, 2.24) is 4.31 Å². The van der Waals surface area contributed by atoms with Crippen LogP contribution in [0.25, 0.3) is 5.76 Å². The minimum Gasteiger partial charge on any atom is -0.505 e. The Labute approximate surface area is 153 Å². The van der Waals surface area contributed by atoms with Crippen LogP contribution in [0.3, 0.4) is 0 Å². The van der Waals surface area contributed by atoms with E-state index in [0.29, 0.717) is 18.3 Å².